The summed E-state index contributed by atoms with van der Waals surface area (Å²) in [5, 5.41) is 2.23. The molecule has 0 aliphatic heterocycles. The first kappa shape index (κ1) is 16.3. The van der Waals surface area contributed by atoms with Gasteiger partial charge in [-0.15, -0.1) is 0 Å². The summed E-state index contributed by atoms with van der Waals surface area (Å²) in [5.41, 5.74) is 6.97. The molecule has 0 saturated heterocycles. The van der Waals surface area contributed by atoms with Gasteiger partial charge in [0.1, 0.15) is 5.58 Å². The molecule has 0 radical (unpaired) electrons. The first-order chi connectivity index (χ1) is 14.8. The van der Waals surface area contributed by atoms with Crippen molar-refractivity contribution < 1.29 is 4.42 Å². The van der Waals surface area contributed by atoms with Gasteiger partial charge in [-0.25, -0.2) is 4.98 Å². The third-order valence-electron chi connectivity index (χ3n) is 5.80. The number of hydrogen-bond donors (Lipinski definition) is 0. The highest BCUT2D eigenvalue weighted by Crippen LogP contribution is 2.37. The molecule has 0 aliphatic carbocycles. The summed E-state index contributed by atoms with van der Waals surface area (Å²) < 4.78 is 11.8. The molecule has 0 N–H and O–H groups in total. The van der Waals surface area contributed by atoms with E-state index in [0.717, 1.165) is 59.9 Å². The highest BCUT2D eigenvalue weighted by molar-refractivity contribution is 9.10. The van der Waals surface area contributed by atoms with Crippen LogP contribution in [0.1, 0.15) is 0 Å². The fourth-order valence-corrected chi connectivity index (χ4v) is 5.08. The van der Waals surface area contributed by atoms with E-state index in [-0.39, 0.29) is 0 Å². The summed E-state index contributed by atoms with van der Waals surface area (Å²) in [7, 11) is 0. The third-order valence-corrected chi connectivity index (χ3v) is 6.44. The zero-order valence-electron chi connectivity index (χ0n) is 15.7. The van der Waals surface area contributed by atoms with Crippen LogP contribution in [0.5, 0.6) is 0 Å². The second-order valence-electron chi connectivity index (χ2n) is 7.43. The Hall–Kier alpha value is -3.57. The Bertz CT molecular complexity index is 1770. The van der Waals surface area contributed by atoms with E-state index in [1.165, 1.54) is 0 Å². The number of fused-ring (bicyclic) bond motifs is 8. The molecule has 0 atom stereocenters. The molecule has 7 rings (SSSR count). The minimum Gasteiger partial charge on any atom is -0.454 e. The minimum absolute atomic E-state index is 0.867. The number of nitrogens with zero attached hydrogens (tertiary/aromatic N) is 3. The van der Waals surface area contributed by atoms with Crippen molar-refractivity contribution in [1.29, 1.82) is 0 Å². The van der Waals surface area contributed by atoms with Gasteiger partial charge in [0.25, 0.3) is 0 Å². The number of para-hydroxylation sites is 5. The van der Waals surface area contributed by atoms with Gasteiger partial charge in [0.05, 0.1) is 27.8 Å². The van der Waals surface area contributed by atoms with Gasteiger partial charge in [-0.1, -0.05) is 48.5 Å². The van der Waals surface area contributed by atoms with E-state index in [4.69, 9.17) is 9.40 Å². The molecule has 30 heavy (non-hydrogen) atoms. The molecule has 0 amide bonds. The van der Waals surface area contributed by atoms with Crippen molar-refractivity contribution in [3.63, 3.8) is 0 Å². The van der Waals surface area contributed by atoms with E-state index < -0.39 is 0 Å². The van der Waals surface area contributed by atoms with Crippen molar-refractivity contribution in [2.24, 2.45) is 0 Å². The number of benzene rings is 4. The molecule has 0 aliphatic rings. The molecular weight excluding hydrogens is 438 g/mol. The SMILES string of the molecule is Brc1cccc2nc3n(-c4cccc5c4oc4ccccc45)c4ccccc4n3c12. The Morgan fingerprint density at radius 2 is 1.50 bits per heavy atom. The Morgan fingerprint density at radius 1 is 0.733 bits per heavy atom. The average molecular weight is 452 g/mol. The molecule has 7 aromatic rings. The second-order valence-corrected chi connectivity index (χ2v) is 8.29. The molecule has 0 fully saturated rings. The van der Waals surface area contributed by atoms with Crippen LogP contribution < -0.4 is 0 Å². The van der Waals surface area contributed by atoms with Crippen LogP contribution in [0.4, 0.5) is 0 Å². The summed E-state index contributed by atoms with van der Waals surface area (Å²) in [6, 6.07) is 29.0. The second kappa shape index (κ2) is 5.74. The normalized spacial score (nSPS) is 12.2. The van der Waals surface area contributed by atoms with Gasteiger partial charge in [0.15, 0.2) is 5.58 Å². The summed E-state index contributed by atoms with van der Waals surface area (Å²) in [6.07, 6.45) is 0. The molecule has 3 aromatic heterocycles. The Kier molecular flexibility index (Phi) is 3.11. The third kappa shape index (κ3) is 1.97. The quantitative estimate of drug-likeness (QED) is 0.267. The largest absolute Gasteiger partial charge is 0.454 e. The van der Waals surface area contributed by atoms with Crippen molar-refractivity contribution >= 4 is 65.7 Å². The number of imidazole rings is 2. The van der Waals surface area contributed by atoms with E-state index in [0.29, 0.717) is 0 Å². The molecule has 3 heterocycles. The van der Waals surface area contributed by atoms with Crippen molar-refractivity contribution in [3.05, 3.63) is 89.4 Å². The summed E-state index contributed by atoms with van der Waals surface area (Å²) >= 11 is 3.72. The monoisotopic (exact) mass is 451 g/mol. The zero-order chi connectivity index (χ0) is 19.8. The lowest BCUT2D eigenvalue weighted by Gasteiger charge is -2.05. The van der Waals surface area contributed by atoms with Crippen molar-refractivity contribution in [1.82, 2.24) is 14.0 Å². The van der Waals surface area contributed by atoms with Crippen molar-refractivity contribution in [3.8, 4) is 5.69 Å². The smallest absolute Gasteiger partial charge is 0.220 e. The van der Waals surface area contributed by atoms with Gasteiger partial charge < -0.3 is 4.42 Å². The van der Waals surface area contributed by atoms with Gasteiger partial charge in [-0.2, -0.15) is 0 Å². The van der Waals surface area contributed by atoms with Crippen LogP contribution in [-0.4, -0.2) is 14.0 Å². The lowest BCUT2D eigenvalue weighted by Crippen LogP contribution is -1.95. The van der Waals surface area contributed by atoms with Gasteiger partial charge >= 0.3 is 0 Å². The number of aromatic nitrogens is 3. The number of halogens is 1. The van der Waals surface area contributed by atoms with E-state index in [9.17, 15) is 0 Å². The Morgan fingerprint density at radius 3 is 2.43 bits per heavy atom. The van der Waals surface area contributed by atoms with E-state index in [1.807, 2.05) is 30.3 Å². The lowest BCUT2D eigenvalue weighted by atomic mass is 10.1. The van der Waals surface area contributed by atoms with Crippen LogP contribution in [0.25, 0.3) is 55.5 Å². The van der Waals surface area contributed by atoms with Crippen LogP contribution >= 0.6 is 15.9 Å². The highest BCUT2D eigenvalue weighted by atomic mass is 79.9. The molecule has 0 saturated carbocycles. The fraction of sp³-hybridized carbons (Fsp3) is 0. The lowest BCUT2D eigenvalue weighted by molar-refractivity contribution is 0.666. The molecule has 4 nitrogen and oxygen atoms in total. The summed E-state index contributed by atoms with van der Waals surface area (Å²) in [5.74, 6) is 0.867. The molecule has 0 unspecified atom stereocenters. The van der Waals surface area contributed by atoms with Gasteiger partial charge in [-0.05, 0) is 52.3 Å². The van der Waals surface area contributed by atoms with Gasteiger partial charge in [-0.3, -0.25) is 8.97 Å². The zero-order valence-corrected chi connectivity index (χ0v) is 17.3. The van der Waals surface area contributed by atoms with Gasteiger partial charge in [0.2, 0.25) is 5.78 Å². The maximum atomic E-state index is 6.34. The molecule has 142 valence electrons. The van der Waals surface area contributed by atoms with Crippen LogP contribution in [0, 0.1) is 0 Å². The maximum absolute atomic E-state index is 6.34. The predicted molar refractivity (Wildman–Crippen MR) is 125 cm³/mol. The van der Waals surface area contributed by atoms with Crippen molar-refractivity contribution in [2.45, 2.75) is 0 Å². The Labute approximate surface area is 179 Å². The first-order valence-electron chi connectivity index (χ1n) is 9.78. The Balaban J connectivity index is 1.72. The highest BCUT2D eigenvalue weighted by Gasteiger charge is 2.21. The number of furan rings is 1. The van der Waals surface area contributed by atoms with Crippen LogP contribution in [-0.2, 0) is 0 Å². The molecule has 5 heteroatoms. The summed E-state index contributed by atoms with van der Waals surface area (Å²) in [4.78, 5) is 5.00. The molecule has 0 bridgehead atoms. The molecular formula is C25H14BrN3O. The molecule has 4 aromatic carbocycles. The van der Waals surface area contributed by atoms with Crippen LogP contribution in [0.15, 0.2) is 93.8 Å². The topological polar surface area (TPSA) is 35.4 Å². The molecule has 0 spiro atoms. The van der Waals surface area contributed by atoms with E-state index in [1.54, 1.807) is 0 Å². The van der Waals surface area contributed by atoms with Crippen molar-refractivity contribution in [2.75, 3.05) is 0 Å². The van der Waals surface area contributed by atoms with Crippen LogP contribution in [0.2, 0.25) is 0 Å². The predicted octanol–water partition coefficient (Wildman–Crippen LogP) is 7.09. The van der Waals surface area contributed by atoms with E-state index in [2.05, 4.69) is 79.5 Å². The summed E-state index contributed by atoms with van der Waals surface area (Å²) in [6.45, 7) is 0. The average Bonchev–Trinajstić information content (AvgIpc) is 3.42. The maximum Gasteiger partial charge on any atom is 0.220 e. The first-order valence-corrected chi connectivity index (χ1v) is 10.6. The minimum atomic E-state index is 0.867. The number of rotatable bonds is 1. The standard InChI is InChI=1S/C25H14BrN3O/c26-17-9-6-10-18-23(17)29-20-12-3-2-11-19(20)28(25(29)27-18)21-13-5-8-16-15-7-1-4-14-22(15)30-24(16)21/h1-14H. The number of hydrogen-bond acceptors (Lipinski definition) is 2. The fourth-order valence-electron chi connectivity index (χ4n) is 4.55. The van der Waals surface area contributed by atoms with Gasteiger partial charge in [0, 0.05) is 15.2 Å². The van der Waals surface area contributed by atoms with E-state index >= 15 is 0 Å². The van der Waals surface area contributed by atoms with Crippen LogP contribution in [0.3, 0.4) is 0 Å².